The van der Waals surface area contributed by atoms with Gasteiger partial charge in [0.05, 0.1) is 23.2 Å². The van der Waals surface area contributed by atoms with Crippen LogP contribution in [0.3, 0.4) is 0 Å². The highest BCUT2D eigenvalue weighted by atomic mass is 16.5. The maximum atomic E-state index is 12.7. The van der Waals surface area contributed by atoms with E-state index in [0.29, 0.717) is 23.7 Å². The van der Waals surface area contributed by atoms with Crippen molar-refractivity contribution in [3.05, 3.63) is 70.1 Å². The molecule has 2 aromatic carbocycles. The zero-order valence-corrected chi connectivity index (χ0v) is 17.8. The number of aromatic nitrogens is 2. The second-order valence-corrected chi connectivity index (χ2v) is 6.81. The molecule has 0 saturated carbocycles. The molecule has 0 radical (unpaired) electrons. The molecule has 32 heavy (non-hydrogen) atoms. The minimum Gasteiger partial charge on any atom is -0.462 e. The molecule has 1 heterocycles. The van der Waals surface area contributed by atoms with Gasteiger partial charge in [0, 0.05) is 11.9 Å². The van der Waals surface area contributed by atoms with Gasteiger partial charge in [-0.25, -0.2) is 14.3 Å². The summed E-state index contributed by atoms with van der Waals surface area (Å²) in [6.45, 7) is 3.51. The van der Waals surface area contributed by atoms with Crippen LogP contribution in [-0.2, 0) is 20.8 Å². The summed E-state index contributed by atoms with van der Waals surface area (Å²) in [5.41, 5.74) is 0.0843. The van der Waals surface area contributed by atoms with E-state index in [-0.39, 0.29) is 29.1 Å². The van der Waals surface area contributed by atoms with Gasteiger partial charge in [-0.05, 0) is 31.5 Å². The molecule has 0 aliphatic carbocycles. The number of amides is 1. The van der Waals surface area contributed by atoms with Crippen LogP contribution in [0, 0.1) is 0 Å². The number of carbonyl (C=O) groups is 3. The van der Waals surface area contributed by atoms with Crippen molar-refractivity contribution in [2.45, 2.75) is 26.8 Å². The summed E-state index contributed by atoms with van der Waals surface area (Å²) >= 11 is 0. The van der Waals surface area contributed by atoms with Crippen LogP contribution < -0.4 is 10.9 Å². The summed E-state index contributed by atoms with van der Waals surface area (Å²) in [4.78, 5) is 49.6. The van der Waals surface area contributed by atoms with Crippen LogP contribution in [0.4, 0.5) is 5.69 Å². The highest BCUT2D eigenvalue weighted by Crippen LogP contribution is 2.17. The van der Waals surface area contributed by atoms with Crippen molar-refractivity contribution in [2.75, 3.05) is 18.5 Å². The lowest BCUT2D eigenvalue weighted by Crippen LogP contribution is -2.28. The first-order chi connectivity index (χ1) is 15.5. The van der Waals surface area contributed by atoms with Crippen molar-refractivity contribution in [2.24, 2.45) is 0 Å². The molecule has 0 fully saturated rings. The van der Waals surface area contributed by atoms with Crippen LogP contribution >= 0.6 is 0 Å². The van der Waals surface area contributed by atoms with Gasteiger partial charge in [-0.1, -0.05) is 37.3 Å². The highest BCUT2D eigenvalue weighted by molar-refractivity contribution is 6.04. The van der Waals surface area contributed by atoms with Crippen LogP contribution in [0.2, 0.25) is 0 Å². The van der Waals surface area contributed by atoms with Crippen molar-refractivity contribution in [3.8, 4) is 0 Å². The lowest BCUT2D eigenvalue weighted by Gasteiger charge is -2.12. The van der Waals surface area contributed by atoms with Gasteiger partial charge in [0.15, 0.2) is 12.3 Å². The molecule has 166 valence electrons. The topological polar surface area (TPSA) is 117 Å². The van der Waals surface area contributed by atoms with Crippen molar-refractivity contribution >= 4 is 34.3 Å². The number of nitrogens with zero attached hydrogens (tertiary/aromatic N) is 2. The number of carbonyl (C=O) groups excluding carboxylic acids is 3. The van der Waals surface area contributed by atoms with Crippen molar-refractivity contribution in [3.63, 3.8) is 0 Å². The molecule has 3 rings (SSSR count). The first kappa shape index (κ1) is 22.7. The van der Waals surface area contributed by atoms with E-state index in [1.54, 1.807) is 49.4 Å². The van der Waals surface area contributed by atoms with Crippen LogP contribution in [0.25, 0.3) is 10.8 Å². The fourth-order valence-corrected chi connectivity index (χ4v) is 3.11. The smallest absolute Gasteiger partial charge is 0.359 e. The summed E-state index contributed by atoms with van der Waals surface area (Å²) in [5, 5.41) is 7.38. The Morgan fingerprint density at radius 3 is 2.34 bits per heavy atom. The SMILES string of the molecule is CCCn1nc(C(=O)OCC(=O)Nc2ccccc2C(=O)OCC)c2ccccc2c1=O. The second kappa shape index (κ2) is 10.3. The number of para-hydroxylation sites is 1. The summed E-state index contributed by atoms with van der Waals surface area (Å²) in [6, 6.07) is 13.0. The molecule has 0 saturated heterocycles. The summed E-state index contributed by atoms with van der Waals surface area (Å²) in [7, 11) is 0. The van der Waals surface area contributed by atoms with Gasteiger partial charge in [0.1, 0.15) is 0 Å². The lowest BCUT2D eigenvalue weighted by molar-refractivity contribution is -0.119. The fraction of sp³-hybridized carbons (Fsp3) is 0.261. The van der Waals surface area contributed by atoms with E-state index in [1.807, 2.05) is 6.92 Å². The predicted molar refractivity (Wildman–Crippen MR) is 118 cm³/mol. The predicted octanol–water partition coefficient (Wildman–Crippen LogP) is 2.78. The maximum Gasteiger partial charge on any atom is 0.359 e. The average Bonchev–Trinajstić information content (AvgIpc) is 2.80. The number of hydrogen-bond acceptors (Lipinski definition) is 7. The van der Waals surface area contributed by atoms with E-state index in [0.717, 1.165) is 0 Å². The lowest BCUT2D eigenvalue weighted by atomic mass is 10.1. The largest absolute Gasteiger partial charge is 0.462 e. The monoisotopic (exact) mass is 437 g/mol. The highest BCUT2D eigenvalue weighted by Gasteiger charge is 2.20. The van der Waals surface area contributed by atoms with Gasteiger partial charge in [-0.2, -0.15) is 5.10 Å². The quantitative estimate of drug-likeness (QED) is 0.539. The summed E-state index contributed by atoms with van der Waals surface area (Å²) < 4.78 is 11.3. The maximum absolute atomic E-state index is 12.7. The number of ether oxygens (including phenoxy) is 2. The van der Waals surface area contributed by atoms with E-state index in [9.17, 15) is 19.2 Å². The zero-order chi connectivity index (χ0) is 23.1. The van der Waals surface area contributed by atoms with Crippen LogP contribution in [-0.4, -0.2) is 40.8 Å². The Morgan fingerprint density at radius 2 is 1.62 bits per heavy atom. The molecule has 0 unspecified atom stereocenters. The van der Waals surface area contributed by atoms with E-state index in [2.05, 4.69) is 10.4 Å². The Bertz CT molecular complexity index is 1220. The first-order valence-corrected chi connectivity index (χ1v) is 10.2. The van der Waals surface area contributed by atoms with E-state index in [1.165, 1.54) is 10.7 Å². The Labute approximate surface area is 183 Å². The van der Waals surface area contributed by atoms with E-state index < -0.39 is 24.5 Å². The first-order valence-electron chi connectivity index (χ1n) is 10.2. The Kier molecular flexibility index (Phi) is 7.33. The molecule has 3 aromatic rings. The zero-order valence-electron chi connectivity index (χ0n) is 17.8. The number of fused-ring (bicyclic) bond motifs is 1. The van der Waals surface area contributed by atoms with E-state index in [4.69, 9.17) is 9.47 Å². The van der Waals surface area contributed by atoms with Crippen LogP contribution in [0.1, 0.15) is 41.1 Å². The van der Waals surface area contributed by atoms with Gasteiger partial charge < -0.3 is 14.8 Å². The Hall–Kier alpha value is -4.01. The Morgan fingerprint density at radius 1 is 0.938 bits per heavy atom. The molecule has 0 spiro atoms. The van der Waals surface area contributed by atoms with Crippen molar-refractivity contribution < 1.29 is 23.9 Å². The van der Waals surface area contributed by atoms with Crippen molar-refractivity contribution in [1.29, 1.82) is 0 Å². The van der Waals surface area contributed by atoms with Gasteiger partial charge in [0.25, 0.3) is 11.5 Å². The molecule has 1 N–H and O–H groups in total. The van der Waals surface area contributed by atoms with E-state index >= 15 is 0 Å². The Balaban J connectivity index is 1.76. The molecule has 0 aliphatic heterocycles. The molecular weight excluding hydrogens is 414 g/mol. The minimum atomic E-state index is -0.833. The number of rotatable bonds is 8. The minimum absolute atomic E-state index is 0.0478. The third-order valence-electron chi connectivity index (χ3n) is 4.53. The summed E-state index contributed by atoms with van der Waals surface area (Å²) in [6.07, 6.45) is 0.655. The standard InChI is InChI=1S/C23H23N3O6/c1-3-13-26-21(28)16-10-6-5-9-15(16)20(25-26)23(30)32-14-19(27)24-18-12-8-7-11-17(18)22(29)31-4-2/h5-12H,3-4,13-14H2,1-2H3,(H,24,27). The van der Waals surface area contributed by atoms with Gasteiger partial charge in [-0.3, -0.25) is 9.59 Å². The van der Waals surface area contributed by atoms with Crippen LogP contribution in [0.15, 0.2) is 53.3 Å². The number of hydrogen-bond donors (Lipinski definition) is 1. The number of aryl methyl sites for hydroxylation is 1. The normalized spacial score (nSPS) is 10.6. The number of benzene rings is 2. The van der Waals surface area contributed by atoms with Gasteiger partial charge >= 0.3 is 11.9 Å². The fourth-order valence-electron chi connectivity index (χ4n) is 3.11. The molecule has 1 aromatic heterocycles. The number of anilines is 1. The van der Waals surface area contributed by atoms with Gasteiger partial charge in [0.2, 0.25) is 0 Å². The average molecular weight is 437 g/mol. The molecule has 0 atom stereocenters. The second-order valence-electron chi connectivity index (χ2n) is 6.81. The van der Waals surface area contributed by atoms with Crippen LogP contribution in [0.5, 0.6) is 0 Å². The molecule has 0 bridgehead atoms. The summed E-state index contributed by atoms with van der Waals surface area (Å²) in [5.74, 6) is -2.05. The number of nitrogens with one attached hydrogen (secondary N) is 1. The third-order valence-corrected chi connectivity index (χ3v) is 4.53. The molecular formula is C23H23N3O6. The molecule has 9 heteroatoms. The molecule has 0 aliphatic rings. The van der Waals surface area contributed by atoms with Crippen molar-refractivity contribution in [1.82, 2.24) is 9.78 Å². The third kappa shape index (κ3) is 5.00. The number of esters is 2. The molecule has 1 amide bonds. The van der Waals surface area contributed by atoms with Gasteiger partial charge in [-0.15, -0.1) is 0 Å². The molecule has 9 nitrogen and oxygen atoms in total.